The van der Waals surface area contributed by atoms with E-state index in [0.717, 1.165) is 18.4 Å². The van der Waals surface area contributed by atoms with Gasteiger partial charge in [0.2, 0.25) is 11.8 Å². The first-order chi connectivity index (χ1) is 21.7. The average molecular weight is 662 g/mol. The smallest absolute Gasteiger partial charge is 0.408 e. The van der Waals surface area contributed by atoms with E-state index in [1.807, 2.05) is 18.2 Å². The summed E-state index contributed by atoms with van der Waals surface area (Å²) in [4.78, 5) is 55.0. The first-order valence-electron chi connectivity index (χ1n) is 16.0. The second-order valence-electron chi connectivity index (χ2n) is 13.2. The molecule has 46 heavy (non-hydrogen) atoms. The molecule has 13 nitrogen and oxygen atoms in total. The summed E-state index contributed by atoms with van der Waals surface area (Å²) in [5.74, 6) is -1.51. The Morgan fingerprint density at radius 1 is 1.11 bits per heavy atom. The summed E-state index contributed by atoms with van der Waals surface area (Å²) < 4.78 is 40.9. The van der Waals surface area contributed by atoms with E-state index >= 15 is 0 Å². The van der Waals surface area contributed by atoms with Crippen molar-refractivity contribution in [2.24, 2.45) is 5.92 Å². The number of nitrogens with one attached hydrogen (secondary N) is 4. The first kappa shape index (κ1) is 35.2. The minimum atomic E-state index is -4.24. The van der Waals surface area contributed by atoms with Gasteiger partial charge < -0.3 is 25.0 Å². The van der Waals surface area contributed by atoms with Crippen LogP contribution in [0.4, 0.5) is 4.79 Å². The van der Waals surface area contributed by atoms with Crippen LogP contribution in [0.25, 0.3) is 0 Å². The lowest BCUT2D eigenvalue weighted by Crippen LogP contribution is -2.59. The molecule has 1 aromatic carbocycles. The van der Waals surface area contributed by atoms with E-state index in [4.69, 9.17) is 9.47 Å². The predicted octanol–water partition coefficient (Wildman–Crippen LogP) is 2.47. The van der Waals surface area contributed by atoms with Crippen LogP contribution in [0, 0.1) is 5.92 Å². The van der Waals surface area contributed by atoms with Crippen LogP contribution in [0.1, 0.15) is 77.7 Å². The largest absolute Gasteiger partial charge is 0.497 e. The molecule has 1 aromatic rings. The van der Waals surface area contributed by atoms with Gasteiger partial charge in [0.15, 0.2) is 0 Å². The number of benzene rings is 1. The summed E-state index contributed by atoms with van der Waals surface area (Å²) in [6.07, 6.45) is 8.03. The highest BCUT2D eigenvalue weighted by Crippen LogP contribution is 2.45. The highest BCUT2D eigenvalue weighted by atomic mass is 32.2. The molecule has 0 radical (unpaired) electrons. The summed E-state index contributed by atoms with van der Waals surface area (Å²) in [6.45, 7) is 5.56. The molecular weight excluding hydrogens is 614 g/mol. The third kappa shape index (κ3) is 9.44. The highest BCUT2D eigenvalue weighted by Gasteiger charge is 2.61. The number of amides is 4. The highest BCUT2D eigenvalue weighted by molar-refractivity contribution is 7.88. The van der Waals surface area contributed by atoms with Crippen LogP contribution in [0.15, 0.2) is 36.4 Å². The minimum Gasteiger partial charge on any atom is -0.497 e. The Kier molecular flexibility index (Phi) is 11.4. The minimum absolute atomic E-state index is 0.0378. The van der Waals surface area contributed by atoms with E-state index in [2.05, 4.69) is 20.1 Å². The molecule has 14 heteroatoms. The molecule has 3 aliphatic rings. The van der Waals surface area contributed by atoms with E-state index in [9.17, 15) is 27.6 Å². The monoisotopic (exact) mass is 661 g/mol. The number of ether oxygens (including phenoxy) is 2. The summed E-state index contributed by atoms with van der Waals surface area (Å²) in [7, 11) is -2.69. The van der Waals surface area contributed by atoms with E-state index in [-0.39, 0.29) is 18.9 Å². The van der Waals surface area contributed by atoms with Gasteiger partial charge in [-0.25, -0.2) is 9.52 Å². The molecule has 0 unspecified atom stereocenters. The first-order valence-corrected chi connectivity index (χ1v) is 17.4. The maximum Gasteiger partial charge on any atom is 0.408 e. The lowest BCUT2D eigenvalue weighted by Gasteiger charge is -2.30. The van der Waals surface area contributed by atoms with Gasteiger partial charge in [0.1, 0.15) is 29.0 Å². The van der Waals surface area contributed by atoms with Crippen LogP contribution in [0.2, 0.25) is 0 Å². The predicted molar refractivity (Wildman–Crippen MR) is 171 cm³/mol. The Morgan fingerprint density at radius 2 is 1.89 bits per heavy atom. The topological polar surface area (TPSA) is 172 Å². The maximum absolute atomic E-state index is 13.7. The zero-order chi connectivity index (χ0) is 33.5. The molecule has 4 N–H and O–H groups in total. The van der Waals surface area contributed by atoms with E-state index in [1.54, 1.807) is 46.1 Å². The fourth-order valence-electron chi connectivity index (χ4n) is 5.95. The average Bonchev–Trinajstić information content (AvgIpc) is 3.44. The van der Waals surface area contributed by atoms with Crippen molar-refractivity contribution in [1.29, 1.82) is 0 Å². The Morgan fingerprint density at radius 3 is 2.63 bits per heavy atom. The SMILES string of the molecule is COc1cccc(CCNS(=O)(=O)NC(=O)[C@@]23C[C@H]2C=CCCCCC[C@H](NC(=O)OC(C)(C)C)C(=O)N2CCC[C@H]2C(=O)N3)c1. The lowest BCUT2D eigenvalue weighted by molar-refractivity contribution is -0.141. The molecule has 0 aromatic heterocycles. The summed E-state index contributed by atoms with van der Waals surface area (Å²) in [6, 6.07) is 5.49. The fourth-order valence-corrected chi connectivity index (χ4v) is 6.82. The molecule has 4 amide bonds. The van der Waals surface area contributed by atoms with Crippen LogP contribution in [-0.2, 0) is 35.8 Å². The van der Waals surface area contributed by atoms with Crippen molar-refractivity contribution in [1.82, 2.24) is 25.0 Å². The second-order valence-corrected chi connectivity index (χ2v) is 14.7. The van der Waals surface area contributed by atoms with Crippen LogP contribution in [0.3, 0.4) is 0 Å². The summed E-state index contributed by atoms with van der Waals surface area (Å²) >= 11 is 0. The van der Waals surface area contributed by atoms with Gasteiger partial charge in [-0.05, 0) is 83.4 Å². The molecule has 0 bridgehead atoms. The number of rotatable bonds is 8. The van der Waals surface area contributed by atoms with Crippen LogP contribution >= 0.6 is 0 Å². The van der Waals surface area contributed by atoms with Gasteiger partial charge in [0.25, 0.3) is 5.91 Å². The molecule has 1 aliphatic carbocycles. The molecule has 2 aliphatic heterocycles. The van der Waals surface area contributed by atoms with Gasteiger partial charge in [-0.2, -0.15) is 13.1 Å². The van der Waals surface area contributed by atoms with Gasteiger partial charge in [-0.15, -0.1) is 0 Å². The molecule has 0 spiro atoms. The van der Waals surface area contributed by atoms with Crippen molar-refractivity contribution in [3.05, 3.63) is 42.0 Å². The number of alkyl carbamates (subject to hydrolysis) is 1. The van der Waals surface area contributed by atoms with Gasteiger partial charge in [0.05, 0.1) is 7.11 Å². The van der Waals surface area contributed by atoms with E-state index in [0.29, 0.717) is 50.8 Å². The summed E-state index contributed by atoms with van der Waals surface area (Å²) in [5, 5.41) is 5.52. The molecule has 1 saturated heterocycles. The van der Waals surface area contributed by atoms with Crippen molar-refractivity contribution in [2.75, 3.05) is 20.2 Å². The molecule has 2 heterocycles. The number of fused-ring (bicyclic) bond motifs is 2. The van der Waals surface area contributed by atoms with Crippen molar-refractivity contribution in [3.8, 4) is 5.75 Å². The zero-order valence-corrected chi connectivity index (χ0v) is 27.9. The molecule has 2 fully saturated rings. The fraction of sp³-hybridized carbons (Fsp3) is 0.625. The zero-order valence-electron chi connectivity index (χ0n) is 27.1. The van der Waals surface area contributed by atoms with Crippen molar-refractivity contribution in [3.63, 3.8) is 0 Å². The van der Waals surface area contributed by atoms with Crippen molar-refractivity contribution in [2.45, 2.75) is 102 Å². The number of allylic oxidation sites excluding steroid dienone is 1. The lowest BCUT2D eigenvalue weighted by atomic mass is 10.0. The Balaban J connectivity index is 1.46. The molecule has 4 rings (SSSR count). The molecular formula is C32H47N5O8S. The van der Waals surface area contributed by atoms with E-state index < -0.39 is 57.3 Å². The third-order valence-corrected chi connectivity index (χ3v) is 9.43. The standard InChI is InChI=1S/C32H47N5O8S/c1-31(2,3)45-30(41)34-25-15-9-7-5-6-8-13-23-21-32(23,35-27(38)26-16-11-19-37(26)28(25)39)29(40)36-46(42,43)33-18-17-22-12-10-14-24(20-22)44-4/h8,10,12-14,20,23,25-26,33H,5-7,9,11,15-19,21H2,1-4H3,(H,34,41)(H,35,38)(H,36,40)/t23-,25+,26+,32-/m1/s1. The van der Waals surface area contributed by atoms with Gasteiger partial charge in [0, 0.05) is 19.0 Å². The van der Waals surface area contributed by atoms with Gasteiger partial charge in [-0.1, -0.05) is 37.1 Å². The number of carbonyl (C=O) groups excluding carboxylic acids is 4. The summed E-state index contributed by atoms with van der Waals surface area (Å²) in [5.41, 5.74) is -1.36. The van der Waals surface area contributed by atoms with Crippen LogP contribution in [0.5, 0.6) is 5.75 Å². The second kappa shape index (κ2) is 14.8. The van der Waals surface area contributed by atoms with Gasteiger partial charge in [-0.3, -0.25) is 14.4 Å². The number of hydrogen-bond donors (Lipinski definition) is 4. The Hall–Kier alpha value is -3.65. The Bertz CT molecular complexity index is 1430. The van der Waals surface area contributed by atoms with Gasteiger partial charge >= 0.3 is 16.3 Å². The normalized spacial score (nSPS) is 25.7. The molecule has 1 saturated carbocycles. The number of hydrogen-bond acceptors (Lipinski definition) is 8. The Labute approximate surface area is 271 Å². The molecule has 254 valence electrons. The quantitative estimate of drug-likeness (QED) is 0.308. The van der Waals surface area contributed by atoms with Crippen LogP contribution in [-0.4, -0.2) is 80.6 Å². The van der Waals surface area contributed by atoms with Crippen molar-refractivity contribution < 1.29 is 37.1 Å². The maximum atomic E-state index is 13.7. The van der Waals surface area contributed by atoms with Crippen molar-refractivity contribution >= 4 is 34.0 Å². The number of nitrogens with zero attached hydrogens (tertiary/aromatic N) is 1. The van der Waals surface area contributed by atoms with E-state index in [1.165, 1.54) is 4.90 Å². The number of carbonyl (C=O) groups is 4. The third-order valence-electron chi connectivity index (χ3n) is 8.39. The number of methoxy groups -OCH3 is 1. The van der Waals surface area contributed by atoms with Crippen LogP contribution < -0.4 is 24.8 Å². The molecule has 4 atom stereocenters.